The Kier molecular flexibility index (Phi) is 5.66. The van der Waals surface area contributed by atoms with Crippen molar-refractivity contribution in [2.24, 2.45) is 0 Å². The highest BCUT2D eigenvalue weighted by molar-refractivity contribution is 7.91. The number of nitrogens with zero attached hydrogens (tertiary/aromatic N) is 1. The van der Waals surface area contributed by atoms with Crippen LogP contribution in [0.25, 0.3) is 11.3 Å². The number of benzene rings is 2. The molecule has 1 aromatic heterocycles. The number of amides is 2. The van der Waals surface area contributed by atoms with E-state index >= 15 is 0 Å². The van der Waals surface area contributed by atoms with Crippen LogP contribution in [0.3, 0.4) is 0 Å². The minimum Gasteiger partial charge on any atom is -0.482 e. The molecule has 2 N–H and O–H groups in total. The molecule has 0 fully saturated rings. The molecule has 3 aromatic rings. The lowest BCUT2D eigenvalue weighted by Crippen LogP contribution is -2.25. The molecule has 1 aliphatic rings. The number of fused-ring (bicyclic) bond motifs is 1. The van der Waals surface area contributed by atoms with E-state index in [1.54, 1.807) is 30.3 Å². The summed E-state index contributed by atoms with van der Waals surface area (Å²) in [5.74, 6) is -0.541. The van der Waals surface area contributed by atoms with Gasteiger partial charge >= 0.3 is 0 Å². The van der Waals surface area contributed by atoms with E-state index in [2.05, 4.69) is 15.8 Å². The molecule has 2 heterocycles. The number of sulfone groups is 1. The van der Waals surface area contributed by atoms with Gasteiger partial charge in [-0.3, -0.25) is 9.59 Å². The van der Waals surface area contributed by atoms with Gasteiger partial charge in [0.1, 0.15) is 5.75 Å². The van der Waals surface area contributed by atoms with Gasteiger partial charge in [-0.15, -0.1) is 0 Å². The van der Waals surface area contributed by atoms with Crippen LogP contribution in [0.15, 0.2) is 58.1 Å². The van der Waals surface area contributed by atoms with Crippen molar-refractivity contribution in [3.8, 4) is 17.1 Å². The Morgan fingerprint density at radius 1 is 1.23 bits per heavy atom. The van der Waals surface area contributed by atoms with E-state index in [4.69, 9.17) is 20.9 Å². The van der Waals surface area contributed by atoms with E-state index in [0.717, 1.165) is 5.56 Å². The molecule has 0 saturated heterocycles. The number of aromatic nitrogens is 1. The number of anilines is 2. The summed E-state index contributed by atoms with van der Waals surface area (Å²) < 4.78 is 35.8. The van der Waals surface area contributed by atoms with Crippen molar-refractivity contribution < 1.29 is 27.3 Å². The van der Waals surface area contributed by atoms with E-state index in [1.807, 2.05) is 0 Å². The molecule has 0 atom stereocenters. The number of rotatable bonds is 6. The monoisotopic (exact) mass is 461 g/mol. The van der Waals surface area contributed by atoms with Gasteiger partial charge in [-0.2, -0.15) is 0 Å². The zero-order chi connectivity index (χ0) is 22.0. The number of carbonyl (C=O) groups is 2. The molecule has 0 radical (unpaired) electrons. The minimum atomic E-state index is -3.88. The molecular formula is C20H16ClN3O6S. The van der Waals surface area contributed by atoms with E-state index in [0.29, 0.717) is 17.1 Å². The number of ether oxygens (including phenoxy) is 1. The average molecular weight is 462 g/mol. The van der Waals surface area contributed by atoms with Crippen molar-refractivity contribution in [1.82, 2.24) is 5.16 Å². The number of hydrogen-bond acceptors (Lipinski definition) is 7. The second-order valence-electron chi connectivity index (χ2n) is 6.69. The highest BCUT2D eigenvalue weighted by Gasteiger charge is 2.25. The number of carbonyl (C=O) groups excluding carboxylic acids is 2. The van der Waals surface area contributed by atoms with Crippen LogP contribution in [0.4, 0.5) is 11.4 Å². The van der Waals surface area contributed by atoms with Crippen LogP contribution in [0.1, 0.15) is 6.42 Å². The third-order valence-electron chi connectivity index (χ3n) is 4.47. The number of hydrogen-bond donors (Lipinski definition) is 2. The predicted molar refractivity (Wildman–Crippen MR) is 113 cm³/mol. The summed E-state index contributed by atoms with van der Waals surface area (Å²) in [6.45, 7) is -0.219. The van der Waals surface area contributed by atoms with Gasteiger partial charge in [-0.05, 0) is 18.2 Å². The topological polar surface area (TPSA) is 128 Å². The van der Waals surface area contributed by atoms with Gasteiger partial charge in [0.05, 0.1) is 27.6 Å². The highest BCUT2D eigenvalue weighted by Crippen LogP contribution is 2.36. The van der Waals surface area contributed by atoms with Gasteiger partial charge in [0.15, 0.2) is 22.2 Å². The molecule has 0 unspecified atom stereocenters. The van der Waals surface area contributed by atoms with Crippen LogP contribution in [0.2, 0.25) is 5.02 Å². The molecule has 160 valence electrons. The summed E-state index contributed by atoms with van der Waals surface area (Å²) in [6.07, 6.45) is 1.23. The summed E-state index contributed by atoms with van der Waals surface area (Å²) >= 11 is 6.10. The predicted octanol–water partition coefficient (Wildman–Crippen LogP) is 3.13. The summed E-state index contributed by atoms with van der Waals surface area (Å²) in [5, 5.41) is 8.80. The lowest BCUT2D eigenvalue weighted by atomic mass is 10.1. The van der Waals surface area contributed by atoms with Crippen LogP contribution in [-0.4, -0.2) is 37.7 Å². The molecule has 4 rings (SSSR count). The van der Waals surface area contributed by atoms with E-state index in [1.165, 1.54) is 18.3 Å². The van der Waals surface area contributed by atoms with E-state index in [9.17, 15) is 18.0 Å². The van der Waals surface area contributed by atoms with Gasteiger partial charge < -0.3 is 19.9 Å². The summed E-state index contributed by atoms with van der Waals surface area (Å²) in [7, 11) is -3.88. The Labute approximate surface area is 182 Å². The molecule has 0 spiro atoms. The molecular weight excluding hydrogens is 446 g/mol. The molecule has 1 aliphatic heterocycles. The first-order chi connectivity index (χ1) is 14.8. The van der Waals surface area contributed by atoms with Crippen molar-refractivity contribution >= 4 is 44.6 Å². The quantitative estimate of drug-likeness (QED) is 0.577. The third kappa shape index (κ3) is 4.70. The maximum absolute atomic E-state index is 12.7. The second kappa shape index (κ2) is 8.40. The van der Waals surface area contributed by atoms with Crippen molar-refractivity contribution in [2.75, 3.05) is 23.0 Å². The normalized spacial score (nSPS) is 13.1. The molecule has 11 heteroatoms. The summed E-state index contributed by atoms with van der Waals surface area (Å²) in [5.41, 5.74) is 1.51. The smallest absolute Gasteiger partial charge is 0.262 e. The van der Waals surface area contributed by atoms with Crippen LogP contribution in [0.5, 0.6) is 5.75 Å². The minimum absolute atomic E-state index is 0.0651. The van der Waals surface area contributed by atoms with Crippen molar-refractivity contribution in [3.05, 3.63) is 53.7 Å². The van der Waals surface area contributed by atoms with Gasteiger partial charge in [-0.25, -0.2) is 8.42 Å². The fourth-order valence-electron chi connectivity index (χ4n) is 3.00. The molecule has 31 heavy (non-hydrogen) atoms. The van der Waals surface area contributed by atoms with Crippen molar-refractivity contribution in [2.45, 2.75) is 11.3 Å². The molecule has 0 aliphatic carbocycles. The molecule has 9 nitrogen and oxygen atoms in total. The first kappa shape index (κ1) is 20.9. The van der Waals surface area contributed by atoms with Gasteiger partial charge in [-0.1, -0.05) is 28.9 Å². The molecule has 2 amide bonds. The Hall–Kier alpha value is -3.37. The Morgan fingerprint density at radius 3 is 2.84 bits per heavy atom. The first-order valence-corrected chi connectivity index (χ1v) is 11.1. The fourth-order valence-corrected chi connectivity index (χ4v) is 4.83. The maximum Gasteiger partial charge on any atom is 0.262 e. The lowest BCUT2D eigenvalue weighted by Gasteiger charge is -2.19. The van der Waals surface area contributed by atoms with Crippen LogP contribution in [0, 0.1) is 0 Å². The SMILES string of the molecule is O=C(CCS(=O)(=O)c1cc2c(cc1Cl)NC(=O)CO2)Nc1cccc(-c2ccno2)c1. The Balaban J connectivity index is 1.44. The summed E-state index contributed by atoms with van der Waals surface area (Å²) in [4.78, 5) is 23.5. The molecule has 0 bridgehead atoms. The fraction of sp³-hybridized carbons (Fsp3) is 0.150. The van der Waals surface area contributed by atoms with Gasteiger partial charge in [0.2, 0.25) is 5.91 Å². The summed E-state index contributed by atoms with van der Waals surface area (Å²) in [6, 6.07) is 11.2. The molecule has 0 saturated carbocycles. The lowest BCUT2D eigenvalue weighted by molar-refractivity contribution is -0.118. The maximum atomic E-state index is 12.7. The molecule has 2 aromatic carbocycles. The van der Waals surface area contributed by atoms with Crippen LogP contribution >= 0.6 is 11.6 Å². The van der Waals surface area contributed by atoms with E-state index in [-0.39, 0.29) is 34.6 Å². The number of halogens is 1. The zero-order valence-corrected chi connectivity index (χ0v) is 17.5. The third-order valence-corrected chi connectivity index (χ3v) is 6.64. The largest absolute Gasteiger partial charge is 0.482 e. The average Bonchev–Trinajstić information content (AvgIpc) is 3.27. The Bertz CT molecular complexity index is 1260. The first-order valence-electron chi connectivity index (χ1n) is 9.12. The Morgan fingerprint density at radius 2 is 2.06 bits per heavy atom. The van der Waals surface area contributed by atoms with Gasteiger partial charge in [0, 0.05) is 29.8 Å². The second-order valence-corrected chi connectivity index (χ2v) is 9.17. The van der Waals surface area contributed by atoms with Gasteiger partial charge in [0.25, 0.3) is 5.91 Å². The highest BCUT2D eigenvalue weighted by atomic mass is 35.5. The van der Waals surface area contributed by atoms with Crippen LogP contribution < -0.4 is 15.4 Å². The van der Waals surface area contributed by atoms with Crippen LogP contribution in [-0.2, 0) is 19.4 Å². The van der Waals surface area contributed by atoms with Crippen molar-refractivity contribution in [3.63, 3.8) is 0 Å². The van der Waals surface area contributed by atoms with Crippen molar-refractivity contribution in [1.29, 1.82) is 0 Å². The standard InChI is InChI=1S/C20H16ClN3O6S/c21-14-9-15-17(29-11-20(26)24-15)10-18(14)31(27,28)7-5-19(25)23-13-3-1-2-12(8-13)16-4-6-22-30-16/h1-4,6,8-10H,5,7,11H2,(H,23,25)(H,24,26). The number of nitrogens with one attached hydrogen (secondary N) is 2. The van der Waals surface area contributed by atoms with E-state index < -0.39 is 21.5 Å². The zero-order valence-electron chi connectivity index (χ0n) is 15.9.